The first-order valence-corrected chi connectivity index (χ1v) is 11.8. The van der Waals surface area contributed by atoms with Gasteiger partial charge in [-0.3, -0.25) is 4.79 Å². The molecule has 0 fully saturated rings. The van der Waals surface area contributed by atoms with Crippen molar-refractivity contribution < 1.29 is 17.6 Å². The Morgan fingerprint density at radius 2 is 2.23 bits per heavy atom. The number of rotatable bonds is 7. The van der Waals surface area contributed by atoms with E-state index in [4.69, 9.17) is 4.42 Å². The number of carbonyl (C=O) groups is 1. The van der Waals surface area contributed by atoms with E-state index in [2.05, 4.69) is 10.0 Å². The van der Waals surface area contributed by atoms with Gasteiger partial charge >= 0.3 is 0 Å². The lowest BCUT2D eigenvalue weighted by atomic mass is 10.2. The van der Waals surface area contributed by atoms with Crippen LogP contribution in [0.15, 0.2) is 50.8 Å². The van der Waals surface area contributed by atoms with Gasteiger partial charge in [0.05, 0.1) is 22.6 Å². The number of fused-ring (bicyclic) bond motifs is 1. The second-order valence-electron chi connectivity index (χ2n) is 5.89. The topological polar surface area (TPSA) is 88.4 Å². The zero-order chi connectivity index (χ0) is 18.6. The molecule has 0 saturated heterocycles. The fourth-order valence-electron chi connectivity index (χ4n) is 2.35. The monoisotopic (exact) mass is 412 g/mol. The van der Waals surface area contributed by atoms with Gasteiger partial charge in [-0.15, -0.1) is 11.8 Å². The summed E-state index contributed by atoms with van der Waals surface area (Å²) < 4.78 is 32.8. The molecule has 1 amide bonds. The molecule has 1 aliphatic rings. The highest BCUT2D eigenvalue weighted by atomic mass is 32.2. The van der Waals surface area contributed by atoms with Crippen LogP contribution in [0.25, 0.3) is 0 Å². The molecule has 1 atom stereocenters. The third-order valence-electron chi connectivity index (χ3n) is 3.82. The molecular weight excluding hydrogens is 392 g/mol. The number of hydrogen-bond acceptors (Lipinski definition) is 6. The third kappa shape index (κ3) is 4.85. The molecule has 0 radical (unpaired) electrons. The molecule has 6 nitrogen and oxygen atoms in total. The van der Waals surface area contributed by atoms with Crippen LogP contribution in [0.3, 0.4) is 0 Å². The van der Waals surface area contributed by atoms with Gasteiger partial charge in [0.2, 0.25) is 15.9 Å². The lowest BCUT2D eigenvalue weighted by Gasteiger charge is -2.11. The molecule has 0 bridgehead atoms. The molecule has 2 heterocycles. The Hall–Kier alpha value is -1.42. The standard InChI is InChI=1S/C17H20N2O4S3/c1-12-10-25-16-5-4-14(9-15(16)19-17(12)20)26(21,22)18-6-8-24-11-13-3-2-7-23-13/h2-5,7,9,12,18H,6,8,10-11H2,1H3,(H,19,20)/t12-/m1/s1. The summed E-state index contributed by atoms with van der Waals surface area (Å²) in [5.41, 5.74) is 0.555. The molecule has 0 aliphatic carbocycles. The van der Waals surface area contributed by atoms with Crippen molar-refractivity contribution in [3.63, 3.8) is 0 Å². The number of furan rings is 1. The molecule has 0 unspecified atom stereocenters. The van der Waals surface area contributed by atoms with E-state index in [9.17, 15) is 13.2 Å². The molecule has 1 aromatic carbocycles. The summed E-state index contributed by atoms with van der Waals surface area (Å²) in [6, 6.07) is 8.57. The number of amides is 1. The van der Waals surface area contributed by atoms with E-state index in [0.29, 0.717) is 29.5 Å². The zero-order valence-corrected chi connectivity index (χ0v) is 16.7. The van der Waals surface area contributed by atoms with Crippen molar-refractivity contribution in [1.29, 1.82) is 0 Å². The molecular formula is C17H20N2O4S3. The van der Waals surface area contributed by atoms with Gasteiger partial charge < -0.3 is 9.73 Å². The zero-order valence-electron chi connectivity index (χ0n) is 14.2. The van der Waals surface area contributed by atoms with Crippen LogP contribution in [0.4, 0.5) is 5.69 Å². The van der Waals surface area contributed by atoms with Gasteiger partial charge in [0.25, 0.3) is 0 Å². The summed E-state index contributed by atoms with van der Waals surface area (Å²) >= 11 is 3.15. The van der Waals surface area contributed by atoms with Crippen molar-refractivity contribution in [2.24, 2.45) is 5.92 Å². The van der Waals surface area contributed by atoms with E-state index in [-0.39, 0.29) is 16.7 Å². The summed E-state index contributed by atoms with van der Waals surface area (Å²) in [5.74, 6) is 2.68. The summed E-state index contributed by atoms with van der Waals surface area (Å²) in [6.45, 7) is 2.18. The Morgan fingerprint density at radius 3 is 3.00 bits per heavy atom. The van der Waals surface area contributed by atoms with E-state index < -0.39 is 10.0 Å². The Kier molecular flexibility index (Phi) is 6.33. The van der Waals surface area contributed by atoms with Crippen LogP contribution in [-0.2, 0) is 20.6 Å². The van der Waals surface area contributed by atoms with Gasteiger partial charge in [0.15, 0.2) is 0 Å². The van der Waals surface area contributed by atoms with Crippen molar-refractivity contribution in [2.75, 3.05) is 23.4 Å². The van der Waals surface area contributed by atoms with E-state index in [1.807, 2.05) is 19.1 Å². The Morgan fingerprint density at radius 1 is 1.38 bits per heavy atom. The second-order valence-corrected chi connectivity index (χ2v) is 9.82. The van der Waals surface area contributed by atoms with E-state index >= 15 is 0 Å². The first kappa shape index (κ1) is 19.3. The van der Waals surface area contributed by atoms with Gasteiger partial charge in [-0.1, -0.05) is 6.92 Å². The summed E-state index contributed by atoms with van der Waals surface area (Å²) in [4.78, 5) is 13.0. The van der Waals surface area contributed by atoms with Gasteiger partial charge in [-0.05, 0) is 30.3 Å². The highest BCUT2D eigenvalue weighted by molar-refractivity contribution is 7.99. The fourth-order valence-corrected chi connectivity index (χ4v) is 5.30. The number of anilines is 1. The molecule has 2 aromatic rings. The van der Waals surface area contributed by atoms with Gasteiger partial charge in [-0.25, -0.2) is 13.1 Å². The summed E-state index contributed by atoms with van der Waals surface area (Å²) in [6.07, 6.45) is 1.62. The summed E-state index contributed by atoms with van der Waals surface area (Å²) in [7, 11) is -3.62. The molecule has 1 aromatic heterocycles. The molecule has 9 heteroatoms. The van der Waals surface area contributed by atoms with E-state index in [1.165, 1.54) is 6.07 Å². The molecule has 1 aliphatic heterocycles. The van der Waals surface area contributed by atoms with Crippen molar-refractivity contribution >= 4 is 45.1 Å². The minimum Gasteiger partial charge on any atom is -0.468 e. The average molecular weight is 413 g/mol. The van der Waals surface area contributed by atoms with Crippen LogP contribution in [0.1, 0.15) is 12.7 Å². The smallest absolute Gasteiger partial charge is 0.240 e. The highest BCUT2D eigenvalue weighted by Gasteiger charge is 2.22. The van der Waals surface area contributed by atoms with Gasteiger partial charge in [0.1, 0.15) is 5.76 Å². The van der Waals surface area contributed by atoms with Crippen molar-refractivity contribution in [3.05, 3.63) is 42.4 Å². The number of nitrogens with one attached hydrogen (secondary N) is 2. The van der Waals surface area contributed by atoms with Gasteiger partial charge in [0, 0.05) is 28.9 Å². The Labute approximate surface area is 161 Å². The van der Waals surface area contributed by atoms with Crippen LogP contribution in [0.5, 0.6) is 0 Å². The first-order valence-electron chi connectivity index (χ1n) is 8.13. The predicted molar refractivity (Wildman–Crippen MR) is 105 cm³/mol. The third-order valence-corrected chi connectivity index (χ3v) is 7.59. The van der Waals surface area contributed by atoms with E-state index in [0.717, 1.165) is 10.7 Å². The van der Waals surface area contributed by atoms with E-state index in [1.54, 1.807) is 41.9 Å². The summed E-state index contributed by atoms with van der Waals surface area (Å²) in [5, 5.41) is 2.81. The predicted octanol–water partition coefficient (Wildman–Crippen LogP) is 3.17. The number of thioether (sulfide) groups is 2. The molecule has 0 saturated carbocycles. The Balaban J connectivity index is 1.59. The fraction of sp³-hybridized carbons (Fsp3) is 0.353. The maximum atomic E-state index is 12.5. The van der Waals surface area contributed by atoms with Crippen LogP contribution in [0, 0.1) is 5.92 Å². The van der Waals surface area contributed by atoms with Crippen molar-refractivity contribution in [2.45, 2.75) is 22.5 Å². The van der Waals surface area contributed by atoms with Crippen LogP contribution >= 0.6 is 23.5 Å². The molecule has 26 heavy (non-hydrogen) atoms. The lowest BCUT2D eigenvalue weighted by Crippen LogP contribution is -2.26. The number of sulfonamides is 1. The second kappa shape index (κ2) is 8.51. The SMILES string of the molecule is C[C@@H]1CSc2ccc(S(=O)(=O)NCCSCc3ccco3)cc2NC1=O. The number of hydrogen-bond donors (Lipinski definition) is 2. The van der Waals surface area contributed by atoms with Gasteiger partial charge in [-0.2, -0.15) is 11.8 Å². The minimum absolute atomic E-state index is 0.0897. The van der Waals surface area contributed by atoms with Crippen LogP contribution in [0.2, 0.25) is 0 Å². The van der Waals surface area contributed by atoms with Crippen LogP contribution in [-0.4, -0.2) is 32.4 Å². The van der Waals surface area contributed by atoms with Crippen molar-refractivity contribution in [3.8, 4) is 0 Å². The normalized spacial score (nSPS) is 17.4. The number of benzene rings is 1. The Bertz CT molecular complexity index is 866. The highest BCUT2D eigenvalue weighted by Crippen LogP contribution is 2.34. The maximum Gasteiger partial charge on any atom is 0.240 e. The lowest BCUT2D eigenvalue weighted by molar-refractivity contribution is -0.118. The molecule has 3 rings (SSSR count). The molecule has 140 valence electrons. The number of carbonyl (C=O) groups excluding carboxylic acids is 1. The van der Waals surface area contributed by atoms with Crippen molar-refractivity contribution in [1.82, 2.24) is 4.72 Å². The molecule has 2 N–H and O–H groups in total. The van der Waals surface area contributed by atoms with Crippen LogP contribution < -0.4 is 10.0 Å². The largest absolute Gasteiger partial charge is 0.468 e. The minimum atomic E-state index is -3.62. The maximum absolute atomic E-state index is 12.5. The molecule has 0 spiro atoms. The average Bonchev–Trinajstić information content (AvgIpc) is 3.08. The first-order chi connectivity index (χ1) is 12.5. The quantitative estimate of drug-likeness (QED) is 0.679.